The highest BCUT2D eigenvalue weighted by Gasteiger charge is 2.39. The van der Waals surface area contributed by atoms with Gasteiger partial charge in [0.05, 0.1) is 4.90 Å². The Morgan fingerprint density at radius 2 is 2.14 bits per heavy atom. The predicted octanol–water partition coefficient (Wildman–Crippen LogP) is 0.911. The number of rotatable bonds is 2. The number of anilines is 1. The summed E-state index contributed by atoms with van der Waals surface area (Å²) in [6.45, 7) is 4.45. The molecule has 0 aliphatic carbocycles. The van der Waals surface area contributed by atoms with Crippen molar-refractivity contribution in [1.82, 2.24) is 14.2 Å². The lowest BCUT2D eigenvalue weighted by molar-refractivity contribution is 0.0564. The Balaban J connectivity index is 1.88. The standard InChI is InChI=1S/C14H22N4O2S/c1-11-9-17-7-3-2-4-12(17)10-18(11)21(19,20)13-5-6-16-14(15)8-13/h5-6,8,11-12H,2-4,7,9-10H2,1H3,(H2,15,16). The number of hydrogen-bond donors (Lipinski definition) is 1. The van der Waals surface area contributed by atoms with E-state index in [1.807, 2.05) is 6.92 Å². The Bertz CT molecular complexity index is 619. The molecule has 3 rings (SSSR count). The van der Waals surface area contributed by atoms with Crippen LogP contribution in [0.2, 0.25) is 0 Å². The van der Waals surface area contributed by atoms with Gasteiger partial charge >= 0.3 is 0 Å². The molecule has 2 fully saturated rings. The molecular formula is C14H22N4O2S. The van der Waals surface area contributed by atoms with Crippen LogP contribution in [0.3, 0.4) is 0 Å². The monoisotopic (exact) mass is 310 g/mol. The fourth-order valence-corrected chi connectivity index (χ4v) is 5.07. The first-order valence-electron chi connectivity index (χ1n) is 7.46. The Morgan fingerprint density at radius 1 is 1.33 bits per heavy atom. The Morgan fingerprint density at radius 3 is 2.90 bits per heavy atom. The molecular weight excluding hydrogens is 288 g/mol. The van der Waals surface area contributed by atoms with Crippen LogP contribution >= 0.6 is 0 Å². The average Bonchev–Trinajstić information content (AvgIpc) is 2.46. The summed E-state index contributed by atoms with van der Waals surface area (Å²) in [6, 6.07) is 3.30. The van der Waals surface area contributed by atoms with Crippen LogP contribution in [-0.2, 0) is 10.0 Å². The molecule has 2 aliphatic rings. The van der Waals surface area contributed by atoms with Gasteiger partial charge < -0.3 is 5.73 Å². The summed E-state index contributed by atoms with van der Waals surface area (Å²) in [5.41, 5.74) is 5.62. The van der Waals surface area contributed by atoms with Crippen LogP contribution in [0.15, 0.2) is 23.2 Å². The number of nitrogens with two attached hydrogens (primary N) is 1. The fraction of sp³-hybridized carbons (Fsp3) is 0.643. The van der Waals surface area contributed by atoms with Crippen molar-refractivity contribution in [2.24, 2.45) is 0 Å². The molecule has 0 bridgehead atoms. The van der Waals surface area contributed by atoms with E-state index in [9.17, 15) is 8.42 Å². The summed E-state index contributed by atoms with van der Waals surface area (Å²) in [4.78, 5) is 6.54. The summed E-state index contributed by atoms with van der Waals surface area (Å²) < 4.78 is 27.3. The first kappa shape index (κ1) is 14.7. The Labute approximate surface area is 126 Å². The second-order valence-corrected chi connectivity index (χ2v) is 7.88. The molecule has 116 valence electrons. The molecule has 0 saturated carbocycles. The van der Waals surface area contributed by atoms with E-state index in [4.69, 9.17) is 5.73 Å². The van der Waals surface area contributed by atoms with Crippen molar-refractivity contribution in [3.05, 3.63) is 18.3 Å². The number of piperidine rings is 1. The molecule has 2 N–H and O–H groups in total. The molecule has 0 amide bonds. The topological polar surface area (TPSA) is 79.5 Å². The van der Waals surface area contributed by atoms with Crippen LogP contribution < -0.4 is 5.73 Å². The van der Waals surface area contributed by atoms with Gasteiger partial charge in [0.15, 0.2) is 0 Å². The average molecular weight is 310 g/mol. The molecule has 2 atom stereocenters. The number of hydrogen-bond acceptors (Lipinski definition) is 5. The molecule has 1 aromatic rings. The van der Waals surface area contributed by atoms with Gasteiger partial charge in [-0.05, 0) is 32.4 Å². The largest absolute Gasteiger partial charge is 0.384 e. The van der Waals surface area contributed by atoms with Gasteiger partial charge in [-0.2, -0.15) is 4.31 Å². The van der Waals surface area contributed by atoms with Crippen molar-refractivity contribution < 1.29 is 8.42 Å². The fourth-order valence-electron chi connectivity index (χ4n) is 3.38. The Hall–Kier alpha value is -1.18. The quantitative estimate of drug-likeness (QED) is 0.878. The summed E-state index contributed by atoms with van der Waals surface area (Å²) in [7, 11) is -3.50. The van der Waals surface area contributed by atoms with Gasteiger partial charge in [0.2, 0.25) is 10.0 Å². The maximum absolute atomic E-state index is 12.8. The van der Waals surface area contributed by atoms with Gasteiger partial charge in [-0.1, -0.05) is 6.42 Å². The van der Waals surface area contributed by atoms with Crippen molar-refractivity contribution in [3.63, 3.8) is 0 Å². The predicted molar refractivity (Wildman–Crippen MR) is 81.2 cm³/mol. The first-order chi connectivity index (χ1) is 9.98. The van der Waals surface area contributed by atoms with E-state index in [0.717, 1.165) is 19.5 Å². The lowest BCUT2D eigenvalue weighted by Gasteiger charge is -2.46. The zero-order valence-electron chi connectivity index (χ0n) is 12.3. The number of nitrogen functional groups attached to an aromatic ring is 1. The van der Waals surface area contributed by atoms with Crippen LogP contribution in [0.5, 0.6) is 0 Å². The molecule has 7 heteroatoms. The van der Waals surface area contributed by atoms with E-state index < -0.39 is 10.0 Å². The smallest absolute Gasteiger partial charge is 0.243 e. The van der Waals surface area contributed by atoms with Crippen LogP contribution in [0.1, 0.15) is 26.2 Å². The summed E-state index contributed by atoms with van der Waals surface area (Å²) in [5.74, 6) is 0.236. The third-order valence-corrected chi connectivity index (χ3v) is 6.47. The molecule has 2 aliphatic heterocycles. The molecule has 0 spiro atoms. The third kappa shape index (κ3) is 2.77. The number of nitrogens with zero attached hydrogens (tertiary/aromatic N) is 3. The van der Waals surface area contributed by atoms with Crippen molar-refractivity contribution in [2.75, 3.05) is 25.4 Å². The van der Waals surface area contributed by atoms with Crippen LogP contribution in [0.4, 0.5) is 5.82 Å². The van der Waals surface area contributed by atoms with Crippen molar-refractivity contribution >= 4 is 15.8 Å². The van der Waals surface area contributed by atoms with Gasteiger partial charge in [0, 0.05) is 37.4 Å². The van der Waals surface area contributed by atoms with Gasteiger partial charge in [-0.3, -0.25) is 4.90 Å². The van der Waals surface area contributed by atoms with Crippen LogP contribution in [-0.4, -0.2) is 54.3 Å². The Kier molecular flexibility index (Phi) is 3.90. The molecule has 2 unspecified atom stereocenters. The van der Waals surface area contributed by atoms with Crippen LogP contribution in [0, 0.1) is 0 Å². The second-order valence-electron chi connectivity index (χ2n) is 5.98. The van der Waals surface area contributed by atoms with Crippen molar-refractivity contribution in [3.8, 4) is 0 Å². The van der Waals surface area contributed by atoms with E-state index in [-0.39, 0.29) is 16.8 Å². The van der Waals surface area contributed by atoms with Gasteiger partial charge in [-0.25, -0.2) is 13.4 Å². The number of sulfonamides is 1. The van der Waals surface area contributed by atoms with E-state index in [1.54, 1.807) is 4.31 Å². The highest BCUT2D eigenvalue weighted by atomic mass is 32.2. The van der Waals surface area contributed by atoms with Gasteiger partial charge in [-0.15, -0.1) is 0 Å². The molecule has 0 aromatic carbocycles. The molecule has 6 nitrogen and oxygen atoms in total. The van der Waals surface area contributed by atoms with Crippen LogP contribution in [0.25, 0.3) is 0 Å². The summed E-state index contributed by atoms with van der Waals surface area (Å²) in [5, 5.41) is 0. The van der Waals surface area contributed by atoms with E-state index in [0.29, 0.717) is 12.6 Å². The lowest BCUT2D eigenvalue weighted by Crippen LogP contribution is -2.59. The maximum Gasteiger partial charge on any atom is 0.243 e. The van der Waals surface area contributed by atoms with E-state index in [1.165, 1.54) is 31.2 Å². The van der Waals surface area contributed by atoms with Gasteiger partial charge in [0.25, 0.3) is 0 Å². The highest BCUT2D eigenvalue weighted by molar-refractivity contribution is 7.89. The van der Waals surface area contributed by atoms with Crippen molar-refractivity contribution in [1.29, 1.82) is 0 Å². The van der Waals surface area contributed by atoms with Crippen molar-refractivity contribution in [2.45, 2.75) is 43.2 Å². The molecule has 3 heterocycles. The minimum Gasteiger partial charge on any atom is -0.384 e. The van der Waals surface area contributed by atoms with Gasteiger partial charge in [0.1, 0.15) is 5.82 Å². The minimum absolute atomic E-state index is 0.0151. The molecule has 0 radical (unpaired) electrons. The summed E-state index contributed by atoms with van der Waals surface area (Å²) >= 11 is 0. The third-order valence-electron chi connectivity index (χ3n) is 4.49. The number of fused-ring (bicyclic) bond motifs is 1. The normalized spacial score (nSPS) is 28.2. The first-order valence-corrected chi connectivity index (χ1v) is 8.90. The minimum atomic E-state index is -3.50. The lowest BCUT2D eigenvalue weighted by atomic mass is 9.99. The number of aromatic nitrogens is 1. The molecule has 1 aromatic heterocycles. The number of piperazine rings is 1. The summed E-state index contributed by atoms with van der Waals surface area (Å²) in [6.07, 6.45) is 4.93. The van der Waals surface area contributed by atoms with E-state index in [2.05, 4.69) is 9.88 Å². The zero-order chi connectivity index (χ0) is 15.0. The maximum atomic E-state index is 12.8. The van der Waals surface area contributed by atoms with E-state index >= 15 is 0 Å². The second kappa shape index (κ2) is 5.55. The molecule has 2 saturated heterocycles. The SMILES string of the molecule is CC1CN2CCCCC2CN1S(=O)(=O)c1ccnc(N)c1. The molecule has 21 heavy (non-hydrogen) atoms. The zero-order valence-corrected chi connectivity index (χ0v) is 13.1. The highest BCUT2D eigenvalue weighted by Crippen LogP contribution is 2.28. The number of pyridine rings is 1.